The Morgan fingerprint density at radius 1 is 1.44 bits per heavy atom. The number of rotatable bonds is 6. The minimum absolute atomic E-state index is 0.0148. The summed E-state index contributed by atoms with van der Waals surface area (Å²) in [6.45, 7) is 0.842. The molecule has 0 fully saturated rings. The van der Waals surface area contributed by atoms with Crippen LogP contribution in [0.1, 0.15) is 16.8 Å². The molecule has 0 bridgehead atoms. The van der Waals surface area contributed by atoms with Crippen molar-refractivity contribution in [3.05, 3.63) is 28.8 Å². The van der Waals surface area contributed by atoms with E-state index in [4.69, 9.17) is 11.6 Å². The van der Waals surface area contributed by atoms with E-state index in [1.807, 2.05) is 11.8 Å². The van der Waals surface area contributed by atoms with Gasteiger partial charge in [-0.05, 0) is 36.6 Å². The standard InChI is InChI=1S/C13H19ClN2OS/c1-16(2)13(17)11-6-5-10(14)9-12(11)15-7-4-8-18-3/h5-6,9,15H,4,7-8H2,1-3H3. The maximum absolute atomic E-state index is 12.0. The number of nitrogens with one attached hydrogen (secondary N) is 1. The molecule has 0 aliphatic heterocycles. The second kappa shape index (κ2) is 7.54. The molecule has 0 atom stereocenters. The number of carbonyl (C=O) groups is 1. The SMILES string of the molecule is CSCCCNc1cc(Cl)ccc1C(=O)N(C)C. The van der Waals surface area contributed by atoms with Gasteiger partial charge in [-0.15, -0.1) is 0 Å². The Morgan fingerprint density at radius 3 is 2.78 bits per heavy atom. The van der Waals surface area contributed by atoms with Crippen molar-refractivity contribution in [3.8, 4) is 0 Å². The number of thioether (sulfide) groups is 1. The van der Waals surface area contributed by atoms with Crippen molar-refractivity contribution in [2.24, 2.45) is 0 Å². The largest absolute Gasteiger partial charge is 0.384 e. The normalized spacial score (nSPS) is 10.2. The van der Waals surface area contributed by atoms with Crippen LogP contribution in [-0.4, -0.2) is 43.5 Å². The number of nitrogens with zero attached hydrogens (tertiary/aromatic N) is 1. The molecular formula is C13H19ClN2OS. The van der Waals surface area contributed by atoms with Gasteiger partial charge in [0.05, 0.1) is 5.56 Å². The molecule has 1 aromatic rings. The Morgan fingerprint density at radius 2 is 2.17 bits per heavy atom. The second-order valence-corrected chi connectivity index (χ2v) is 5.58. The van der Waals surface area contributed by atoms with Gasteiger partial charge in [0.2, 0.25) is 0 Å². The van der Waals surface area contributed by atoms with Gasteiger partial charge in [-0.3, -0.25) is 4.79 Å². The molecule has 18 heavy (non-hydrogen) atoms. The third kappa shape index (κ3) is 4.42. The molecular weight excluding hydrogens is 268 g/mol. The Labute approximate surface area is 118 Å². The van der Waals surface area contributed by atoms with Gasteiger partial charge in [-0.1, -0.05) is 11.6 Å². The second-order valence-electron chi connectivity index (χ2n) is 4.16. The zero-order chi connectivity index (χ0) is 13.5. The highest BCUT2D eigenvalue weighted by Gasteiger charge is 2.13. The molecule has 5 heteroatoms. The van der Waals surface area contributed by atoms with E-state index in [2.05, 4.69) is 11.6 Å². The van der Waals surface area contributed by atoms with Crippen LogP contribution < -0.4 is 5.32 Å². The average Bonchev–Trinajstić information content (AvgIpc) is 2.34. The maximum atomic E-state index is 12.0. The van der Waals surface area contributed by atoms with Crippen LogP contribution in [0.15, 0.2) is 18.2 Å². The van der Waals surface area contributed by atoms with E-state index in [-0.39, 0.29) is 5.91 Å². The van der Waals surface area contributed by atoms with Gasteiger partial charge >= 0.3 is 0 Å². The number of hydrogen-bond acceptors (Lipinski definition) is 3. The molecule has 0 spiro atoms. The minimum atomic E-state index is -0.0148. The first kappa shape index (κ1) is 15.2. The first-order valence-corrected chi connectivity index (χ1v) is 7.57. The van der Waals surface area contributed by atoms with Crippen molar-refractivity contribution in [1.29, 1.82) is 0 Å². The summed E-state index contributed by atoms with van der Waals surface area (Å²) in [5, 5.41) is 3.92. The van der Waals surface area contributed by atoms with Crippen LogP contribution in [0.5, 0.6) is 0 Å². The monoisotopic (exact) mass is 286 g/mol. The van der Waals surface area contributed by atoms with Crippen LogP contribution in [0.25, 0.3) is 0 Å². The molecule has 0 aliphatic rings. The van der Waals surface area contributed by atoms with Gasteiger partial charge in [0, 0.05) is 31.4 Å². The molecule has 0 saturated carbocycles. The molecule has 3 nitrogen and oxygen atoms in total. The van der Waals surface area contributed by atoms with E-state index in [0.29, 0.717) is 10.6 Å². The zero-order valence-electron chi connectivity index (χ0n) is 11.0. The quantitative estimate of drug-likeness (QED) is 0.815. The third-order valence-electron chi connectivity index (χ3n) is 2.46. The fourth-order valence-corrected chi connectivity index (χ4v) is 2.13. The van der Waals surface area contributed by atoms with Crippen LogP contribution in [0.4, 0.5) is 5.69 Å². The van der Waals surface area contributed by atoms with E-state index in [9.17, 15) is 4.79 Å². The van der Waals surface area contributed by atoms with Crippen LogP contribution >= 0.6 is 23.4 Å². The molecule has 1 aromatic carbocycles. The zero-order valence-corrected chi connectivity index (χ0v) is 12.6. The van der Waals surface area contributed by atoms with Gasteiger partial charge in [0.15, 0.2) is 0 Å². The summed E-state index contributed by atoms with van der Waals surface area (Å²) in [7, 11) is 3.49. The molecule has 1 amide bonds. The molecule has 1 N–H and O–H groups in total. The van der Waals surface area contributed by atoms with E-state index >= 15 is 0 Å². The molecule has 1 rings (SSSR count). The van der Waals surface area contributed by atoms with Crippen molar-refractivity contribution in [1.82, 2.24) is 4.90 Å². The highest BCUT2D eigenvalue weighted by molar-refractivity contribution is 7.98. The highest BCUT2D eigenvalue weighted by Crippen LogP contribution is 2.22. The summed E-state index contributed by atoms with van der Waals surface area (Å²) >= 11 is 7.79. The van der Waals surface area contributed by atoms with Crippen molar-refractivity contribution < 1.29 is 4.79 Å². The molecule has 100 valence electrons. The molecule has 0 aliphatic carbocycles. The molecule has 0 saturated heterocycles. The number of anilines is 1. The van der Waals surface area contributed by atoms with Crippen LogP contribution in [-0.2, 0) is 0 Å². The molecule has 0 radical (unpaired) electrons. The highest BCUT2D eigenvalue weighted by atomic mass is 35.5. The van der Waals surface area contributed by atoms with Gasteiger partial charge < -0.3 is 10.2 Å². The minimum Gasteiger partial charge on any atom is -0.384 e. The number of benzene rings is 1. The number of amides is 1. The lowest BCUT2D eigenvalue weighted by molar-refractivity contribution is 0.0828. The smallest absolute Gasteiger partial charge is 0.255 e. The van der Waals surface area contributed by atoms with Gasteiger partial charge in [-0.2, -0.15) is 11.8 Å². The van der Waals surface area contributed by atoms with Crippen molar-refractivity contribution in [2.75, 3.05) is 38.0 Å². The van der Waals surface area contributed by atoms with Crippen molar-refractivity contribution in [3.63, 3.8) is 0 Å². The molecule has 0 unspecified atom stereocenters. The topological polar surface area (TPSA) is 32.3 Å². The maximum Gasteiger partial charge on any atom is 0.255 e. The predicted octanol–water partition coefficient (Wildman–Crippen LogP) is 3.21. The summed E-state index contributed by atoms with van der Waals surface area (Å²) in [5.74, 6) is 1.09. The summed E-state index contributed by atoms with van der Waals surface area (Å²) in [4.78, 5) is 13.6. The first-order valence-electron chi connectivity index (χ1n) is 5.80. The lowest BCUT2D eigenvalue weighted by atomic mass is 10.1. The van der Waals surface area contributed by atoms with E-state index in [0.717, 1.165) is 24.4 Å². The van der Waals surface area contributed by atoms with Crippen molar-refractivity contribution >= 4 is 35.0 Å². The Hall–Kier alpha value is -0.870. The molecule has 0 heterocycles. The number of hydrogen-bond donors (Lipinski definition) is 1. The number of halogens is 1. The fraction of sp³-hybridized carbons (Fsp3) is 0.462. The lowest BCUT2D eigenvalue weighted by Crippen LogP contribution is -2.23. The summed E-state index contributed by atoms with van der Waals surface area (Å²) in [5.41, 5.74) is 1.47. The third-order valence-corrected chi connectivity index (χ3v) is 3.39. The van der Waals surface area contributed by atoms with E-state index in [1.54, 1.807) is 37.2 Å². The summed E-state index contributed by atoms with van der Waals surface area (Å²) < 4.78 is 0. The predicted molar refractivity (Wildman–Crippen MR) is 81.0 cm³/mol. The summed E-state index contributed by atoms with van der Waals surface area (Å²) in [6.07, 6.45) is 3.14. The summed E-state index contributed by atoms with van der Waals surface area (Å²) in [6, 6.07) is 5.31. The van der Waals surface area contributed by atoms with E-state index in [1.165, 1.54) is 0 Å². The fourth-order valence-electron chi connectivity index (χ4n) is 1.53. The Kier molecular flexibility index (Phi) is 6.36. The Bertz CT molecular complexity index is 410. The van der Waals surface area contributed by atoms with E-state index < -0.39 is 0 Å². The number of carbonyl (C=O) groups excluding carboxylic acids is 1. The van der Waals surface area contributed by atoms with Crippen LogP contribution in [0, 0.1) is 0 Å². The average molecular weight is 287 g/mol. The first-order chi connectivity index (χ1) is 8.56. The van der Waals surface area contributed by atoms with Gasteiger partial charge in [0.25, 0.3) is 5.91 Å². The van der Waals surface area contributed by atoms with Gasteiger partial charge in [-0.25, -0.2) is 0 Å². The van der Waals surface area contributed by atoms with Gasteiger partial charge in [0.1, 0.15) is 0 Å². The molecule has 0 aromatic heterocycles. The van der Waals surface area contributed by atoms with Crippen molar-refractivity contribution in [2.45, 2.75) is 6.42 Å². The van der Waals surface area contributed by atoms with Crippen LogP contribution in [0.2, 0.25) is 5.02 Å². The Balaban J connectivity index is 2.80. The van der Waals surface area contributed by atoms with Crippen LogP contribution in [0.3, 0.4) is 0 Å². The lowest BCUT2D eigenvalue weighted by Gasteiger charge is -2.15.